The number of amides is 2. The van der Waals surface area contributed by atoms with E-state index in [1.165, 1.54) is 17.0 Å². The molecule has 0 bridgehead atoms. The number of rotatable bonds is 6. The number of nitrogens with zero attached hydrogens (tertiary/aromatic N) is 1. The van der Waals surface area contributed by atoms with E-state index in [0.29, 0.717) is 12.8 Å². The second-order valence-corrected chi connectivity index (χ2v) is 7.69. The predicted octanol–water partition coefficient (Wildman–Crippen LogP) is 2.66. The molecule has 12 heteroatoms. The van der Waals surface area contributed by atoms with Gasteiger partial charge in [0.05, 0.1) is 23.8 Å². The number of ether oxygens (including phenoxy) is 3. The van der Waals surface area contributed by atoms with Gasteiger partial charge in [-0.2, -0.15) is 0 Å². The fraction of sp³-hybridized carbons (Fsp3) is 0.579. The van der Waals surface area contributed by atoms with Crippen molar-refractivity contribution >= 4 is 23.4 Å². The summed E-state index contributed by atoms with van der Waals surface area (Å²) in [6, 6.07) is 3.47. The van der Waals surface area contributed by atoms with Crippen LogP contribution in [0.1, 0.15) is 19.3 Å². The molecule has 2 fully saturated rings. The van der Waals surface area contributed by atoms with Crippen molar-refractivity contribution in [2.75, 3.05) is 26.3 Å². The van der Waals surface area contributed by atoms with Gasteiger partial charge < -0.3 is 19.7 Å². The normalized spacial score (nSPS) is 24.2. The van der Waals surface area contributed by atoms with Crippen molar-refractivity contribution in [2.45, 2.75) is 43.9 Å². The van der Waals surface area contributed by atoms with E-state index in [0.717, 1.165) is 6.07 Å². The average molecular weight is 469 g/mol. The molecule has 1 N–H and O–H groups in total. The molecule has 1 aromatic rings. The van der Waals surface area contributed by atoms with Crippen molar-refractivity contribution in [2.24, 2.45) is 0 Å². The van der Waals surface area contributed by atoms with Crippen LogP contribution in [0, 0.1) is 5.82 Å². The number of hydrogen-bond acceptors (Lipinski definition) is 5. The summed E-state index contributed by atoms with van der Waals surface area (Å²) in [7, 11) is 0. The van der Waals surface area contributed by atoms with Crippen LogP contribution in [0.2, 0.25) is 5.02 Å². The highest BCUT2D eigenvalue weighted by molar-refractivity contribution is 6.30. The number of carbonyl (C=O) groups is 2. The van der Waals surface area contributed by atoms with Gasteiger partial charge >= 0.3 is 6.36 Å². The Bertz CT molecular complexity index is 802. The van der Waals surface area contributed by atoms with E-state index < -0.39 is 30.3 Å². The topological polar surface area (TPSA) is 77.1 Å². The second kappa shape index (κ2) is 10.0. The standard InChI is InChI=1S/C19H21ClF4N2O5/c20-14-3-2-12(7-15(14)21)29-10-17(27)25-11-1-4-16(30-9-11)18(28)26-6-5-13(8-26)31-19(22,23)24/h2-3,7,11,13,16H,1,4-6,8-10H2,(H,25,27)/t11-,13-,16+/m1/s1. The number of benzene rings is 1. The van der Waals surface area contributed by atoms with Gasteiger partial charge in [-0.1, -0.05) is 11.6 Å². The molecule has 2 aliphatic heterocycles. The highest BCUT2D eigenvalue weighted by atomic mass is 35.5. The lowest BCUT2D eigenvalue weighted by molar-refractivity contribution is -0.340. The summed E-state index contributed by atoms with van der Waals surface area (Å²) in [5.41, 5.74) is 0. The molecule has 0 unspecified atom stereocenters. The fourth-order valence-electron chi connectivity index (χ4n) is 3.46. The minimum atomic E-state index is -4.73. The van der Waals surface area contributed by atoms with Crippen LogP contribution in [0.3, 0.4) is 0 Å². The van der Waals surface area contributed by atoms with Crippen molar-refractivity contribution < 1.29 is 41.4 Å². The first-order valence-corrected chi connectivity index (χ1v) is 10.0. The van der Waals surface area contributed by atoms with Gasteiger partial charge in [0.25, 0.3) is 11.8 Å². The van der Waals surface area contributed by atoms with Gasteiger partial charge in [-0.15, -0.1) is 13.2 Å². The lowest BCUT2D eigenvalue weighted by Crippen LogP contribution is -2.48. The summed E-state index contributed by atoms with van der Waals surface area (Å²) in [5.74, 6) is -1.34. The lowest BCUT2D eigenvalue weighted by atomic mass is 10.0. The smallest absolute Gasteiger partial charge is 0.484 e. The highest BCUT2D eigenvalue weighted by Crippen LogP contribution is 2.25. The maximum Gasteiger partial charge on any atom is 0.522 e. The minimum absolute atomic E-state index is 0.0578. The predicted molar refractivity (Wildman–Crippen MR) is 99.9 cm³/mol. The molecule has 31 heavy (non-hydrogen) atoms. The third-order valence-corrected chi connectivity index (χ3v) is 5.24. The van der Waals surface area contributed by atoms with E-state index in [2.05, 4.69) is 10.1 Å². The van der Waals surface area contributed by atoms with E-state index in [4.69, 9.17) is 21.1 Å². The molecule has 0 aromatic heterocycles. The molecule has 3 rings (SSSR count). The Morgan fingerprint density at radius 3 is 2.68 bits per heavy atom. The Kier molecular flexibility index (Phi) is 7.60. The minimum Gasteiger partial charge on any atom is -0.484 e. The Morgan fingerprint density at radius 1 is 1.26 bits per heavy atom. The number of carbonyl (C=O) groups excluding carboxylic acids is 2. The first-order chi connectivity index (χ1) is 14.6. The molecule has 2 amide bonds. The summed E-state index contributed by atoms with van der Waals surface area (Å²) in [6.07, 6.45) is -5.71. The SMILES string of the molecule is O=C(COc1ccc(Cl)c(F)c1)N[C@@H]1CC[C@@H](C(=O)N2CC[C@@H](OC(F)(F)F)C2)OC1. The van der Waals surface area contributed by atoms with E-state index in [1.54, 1.807) is 0 Å². The van der Waals surface area contributed by atoms with Gasteiger partial charge in [-0.05, 0) is 31.4 Å². The number of nitrogens with one attached hydrogen (secondary N) is 1. The first kappa shape index (κ1) is 23.6. The van der Waals surface area contributed by atoms with E-state index >= 15 is 0 Å². The maximum atomic E-state index is 13.4. The Hall–Kier alpha value is -2.11. The fourth-order valence-corrected chi connectivity index (χ4v) is 3.58. The largest absolute Gasteiger partial charge is 0.522 e. The van der Waals surface area contributed by atoms with Gasteiger partial charge in [0.15, 0.2) is 6.61 Å². The molecule has 1 aromatic carbocycles. The Labute approximate surface area is 180 Å². The second-order valence-electron chi connectivity index (χ2n) is 7.29. The zero-order valence-electron chi connectivity index (χ0n) is 16.3. The van der Waals surface area contributed by atoms with Crippen molar-refractivity contribution in [3.05, 3.63) is 29.0 Å². The Balaban J connectivity index is 1.37. The number of likely N-dealkylation sites (tertiary alicyclic amines) is 1. The molecule has 0 spiro atoms. The molecule has 2 heterocycles. The molecule has 0 radical (unpaired) electrons. The van der Waals surface area contributed by atoms with Crippen LogP contribution in [0.4, 0.5) is 17.6 Å². The van der Waals surface area contributed by atoms with Gasteiger partial charge in [0.2, 0.25) is 0 Å². The lowest BCUT2D eigenvalue weighted by Gasteiger charge is -2.31. The van der Waals surface area contributed by atoms with Crippen molar-refractivity contribution in [3.63, 3.8) is 0 Å². The Morgan fingerprint density at radius 2 is 2.03 bits per heavy atom. The summed E-state index contributed by atoms with van der Waals surface area (Å²) >= 11 is 5.58. The van der Waals surface area contributed by atoms with Crippen LogP contribution in [-0.4, -0.2) is 67.6 Å². The summed E-state index contributed by atoms with van der Waals surface area (Å²) < 4.78 is 65.0. The summed E-state index contributed by atoms with van der Waals surface area (Å²) in [6.45, 7) is -0.231. The van der Waals surface area contributed by atoms with Gasteiger partial charge in [-0.3, -0.25) is 14.3 Å². The van der Waals surface area contributed by atoms with Gasteiger partial charge in [0, 0.05) is 19.2 Å². The van der Waals surface area contributed by atoms with E-state index in [-0.39, 0.29) is 55.4 Å². The first-order valence-electron chi connectivity index (χ1n) is 9.63. The van der Waals surface area contributed by atoms with Crippen LogP contribution < -0.4 is 10.1 Å². The van der Waals surface area contributed by atoms with E-state index in [9.17, 15) is 27.2 Å². The van der Waals surface area contributed by atoms with Crippen molar-refractivity contribution in [1.82, 2.24) is 10.2 Å². The average Bonchev–Trinajstić information content (AvgIpc) is 3.15. The van der Waals surface area contributed by atoms with Gasteiger partial charge in [-0.25, -0.2) is 4.39 Å². The van der Waals surface area contributed by atoms with Crippen LogP contribution >= 0.6 is 11.6 Å². The van der Waals surface area contributed by atoms with Crippen LogP contribution in [0.25, 0.3) is 0 Å². The number of hydrogen-bond donors (Lipinski definition) is 1. The maximum absolute atomic E-state index is 13.4. The summed E-state index contributed by atoms with van der Waals surface area (Å²) in [4.78, 5) is 25.8. The summed E-state index contributed by atoms with van der Waals surface area (Å²) in [5, 5.41) is 2.64. The number of halogens is 5. The van der Waals surface area contributed by atoms with Crippen LogP contribution in [-0.2, 0) is 19.1 Å². The third-order valence-electron chi connectivity index (χ3n) is 4.93. The van der Waals surface area contributed by atoms with E-state index in [1.807, 2.05) is 0 Å². The number of alkyl halides is 3. The molecule has 7 nitrogen and oxygen atoms in total. The molecule has 172 valence electrons. The molecule has 3 atom stereocenters. The molecule has 2 saturated heterocycles. The monoisotopic (exact) mass is 468 g/mol. The third kappa shape index (κ3) is 6.94. The molecular formula is C19H21ClF4N2O5. The van der Waals surface area contributed by atoms with Gasteiger partial charge in [0.1, 0.15) is 17.7 Å². The van der Waals surface area contributed by atoms with Crippen LogP contribution in [0.5, 0.6) is 5.75 Å². The van der Waals surface area contributed by atoms with Crippen LogP contribution in [0.15, 0.2) is 18.2 Å². The molecule has 0 saturated carbocycles. The molecule has 2 aliphatic rings. The molecule has 0 aliphatic carbocycles. The highest BCUT2D eigenvalue weighted by Gasteiger charge is 2.39. The zero-order valence-corrected chi connectivity index (χ0v) is 17.0. The quantitative estimate of drug-likeness (QED) is 0.650. The van der Waals surface area contributed by atoms with Crippen molar-refractivity contribution in [1.29, 1.82) is 0 Å². The van der Waals surface area contributed by atoms with Crippen molar-refractivity contribution in [3.8, 4) is 5.75 Å². The molecular weight excluding hydrogens is 448 g/mol. The zero-order chi connectivity index (χ0) is 22.6.